The van der Waals surface area contributed by atoms with Crippen molar-refractivity contribution in [3.8, 4) is 0 Å². The number of rotatable bonds is 4. The van der Waals surface area contributed by atoms with Crippen LogP contribution in [0.25, 0.3) is 11.0 Å². The van der Waals surface area contributed by atoms with Crippen molar-refractivity contribution >= 4 is 22.6 Å². The number of carbonyl (C=O) groups excluding carboxylic acids is 1. The van der Waals surface area contributed by atoms with E-state index >= 15 is 0 Å². The average Bonchev–Trinajstić information content (AvgIpc) is 2.74. The van der Waals surface area contributed by atoms with Crippen LogP contribution in [0.4, 0.5) is 5.69 Å². The number of amides is 1. The third-order valence-electron chi connectivity index (χ3n) is 3.30. The summed E-state index contributed by atoms with van der Waals surface area (Å²) < 4.78 is 1.99. The van der Waals surface area contributed by atoms with Crippen LogP contribution in [0.5, 0.6) is 0 Å². The summed E-state index contributed by atoms with van der Waals surface area (Å²) in [6.07, 6.45) is 0.772. The predicted octanol–water partition coefficient (Wildman–Crippen LogP) is 2.27. The second kappa shape index (κ2) is 5.53. The lowest BCUT2D eigenvalue weighted by atomic mass is 10.2. The number of nitrogens with one attached hydrogen (secondary N) is 1. The average molecular weight is 274 g/mol. The molecule has 0 saturated heterocycles. The number of aryl methyl sites for hydroxylation is 1. The zero-order valence-electron chi connectivity index (χ0n) is 12.5. The Kier molecular flexibility index (Phi) is 3.97. The highest BCUT2D eigenvalue weighted by Gasteiger charge is 2.21. The number of nitrogen functional groups attached to an aromatic ring is 1. The third-order valence-corrected chi connectivity index (χ3v) is 3.30. The van der Waals surface area contributed by atoms with E-state index in [1.54, 1.807) is 0 Å². The number of nitrogens with zero attached hydrogens (tertiary/aromatic N) is 2. The van der Waals surface area contributed by atoms with Crippen molar-refractivity contribution in [1.82, 2.24) is 14.9 Å². The lowest BCUT2D eigenvalue weighted by molar-refractivity contribution is -0.124. The van der Waals surface area contributed by atoms with E-state index < -0.39 is 0 Å². The quantitative estimate of drug-likeness (QED) is 0.840. The molecule has 0 aliphatic rings. The number of imidazole rings is 1. The van der Waals surface area contributed by atoms with Crippen molar-refractivity contribution in [3.63, 3.8) is 0 Å². The van der Waals surface area contributed by atoms with Crippen molar-refractivity contribution in [2.24, 2.45) is 0 Å². The number of aromatic nitrogens is 2. The summed E-state index contributed by atoms with van der Waals surface area (Å²) in [4.78, 5) is 16.8. The molecule has 2 aromatic rings. The van der Waals surface area contributed by atoms with Gasteiger partial charge in [0, 0.05) is 18.2 Å². The van der Waals surface area contributed by atoms with Crippen LogP contribution in [-0.4, -0.2) is 21.5 Å². The van der Waals surface area contributed by atoms with Crippen molar-refractivity contribution in [2.75, 3.05) is 5.73 Å². The van der Waals surface area contributed by atoms with Crippen molar-refractivity contribution in [1.29, 1.82) is 0 Å². The molecular weight excluding hydrogens is 252 g/mol. The summed E-state index contributed by atoms with van der Waals surface area (Å²) >= 11 is 0. The Morgan fingerprint density at radius 1 is 1.40 bits per heavy atom. The molecule has 1 unspecified atom stereocenters. The molecule has 1 heterocycles. The van der Waals surface area contributed by atoms with E-state index in [9.17, 15) is 4.79 Å². The molecule has 0 radical (unpaired) electrons. The first-order chi connectivity index (χ1) is 9.43. The number of nitrogens with two attached hydrogens (primary N) is 1. The maximum atomic E-state index is 12.2. The normalized spacial score (nSPS) is 12.8. The fourth-order valence-corrected chi connectivity index (χ4v) is 2.37. The van der Waals surface area contributed by atoms with Crippen molar-refractivity contribution < 1.29 is 4.79 Å². The molecule has 0 bridgehead atoms. The minimum Gasteiger partial charge on any atom is -0.399 e. The molecule has 0 aliphatic heterocycles. The molecule has 20 heavy (non-hydrogen) atoms. The predicted molar refractivity (Wildman–Crippen MR) is 81.5 cm³/mol. The minimum absolute atomic E-state index is 0.00539. The highest BCUT2D eigenvalue weighted by Crippen LogP contribution is 2.23. The van der Waals surface area contributed by atoms with Crippen LogP contribution in [-0.2, 0) is 11.2 Å². The molecule has 1 aromatic heterocycles. The lowest BCUT2D eigenvalue weighted by Gasteiger charge is -2.18. The van der Waals surface area contributed by atoms with Crippen LogP contribution in [0.1, 0.15) is 39.6 Å². The van der Waals surface area contributed by atoms with E-state index in [1.807, 2.05) is 50.5 Å². The van der Waals surface area contributed by atoms with Gasteiger partial charge in [-0.2, -0.15) is 0 Å². The minimum atomic E-state index is -0.291. The molecule has 1 amide bonds. The van der Waals surface area contributed by atoms with Crippen LogP contribution in [0.2, 0.25) is 0 Å². The van der Waals surface area contributed by atoms with Gasteiger partial charge in [0.2, 0.25) is 5.91 Å². The Hall–Kier alpha value is -2.04. The molecule has 0 aliphatic carbocycles. The SMILES string of the molecule is CCc1nc2cc(N)ccc2n1C(C)C(=O)NC(C)C. The Bertz CT molecular complexity index is 630. The Morgan fingerprint density at radius 2 is 2.10 bits per heavy atom. The number of hydrogen-bond donors (Lipinski definition) is 2. The van der Waals surface area contributed by atoms with E-state index in [1.165, 1.54) is 0 Å². The van der Waals surface area contributed by atoms with Crippen LogP contribution in [0, 0.1) is 0 Å². The molecule has 0 saturated carbocycles. The fourth-order valence-electron chi connectivity index (χ4n) is 2.37. The summed E-state index contributed by atoms with van der Waals surface area (Å²) in [5.74, 6) is 0.905. The summed E-state index contributed by atoms with van der Waals surface area (Å²) in [5.41, 5.74) is 8.27. The molecule has 3 N–H and O–H groups in total. The van der Waals surface area contributed by atoms with E-state index in [2.05, 4.69) is 10.3 Å². The van der Waals surface area contributed by atoms with Gasteiger partial charge >= 0.3 is 0 Å². The van der Waals surface area contributed by atoms with E-state index in [0.717, 1.165) is 23.3 Å². The van der Waals surface area contributed by atoms with Crippen LogP contribution in [0.3, 0.4) is 0 Å². The molecule has 1 atom stereocenters. The van der Waals surface area contributed by atoms with Gasteiger partial charge in [0.25, 0.3) is 0 Å². The summed E-state index contributed by atoms with van der Waals surface area (Å²) in [5, 5.41) is 2.95. The second-order valence-corrected chi connectivity index (χ2v) is 5.34. The molecule has 5 nitrogen and oxygen atoms in total. The first-order valence-electron chi connectivity index (χ1n) is 7.00. The van der Waals surface area contributed by atoms with Crippen molar-refractivity contribution in [3.05, 3.63) is 24.0 Å². The zero-order chi connectivity index (χ0) is 14.9. The van der Waals surface area contributed by atoms with E-state index in [4.69, 9.17) is 5.73 Å². The second-order valence-electron chi connectivity index (χ2n) is 5.34. The van der Waals surface area contributed by atoms with Crippen LogP contribution < -0.4 is 11.1 Å². The molecule has 108 valence electrons. The lowest BCUT2D eigenvalue weighted by Crippen LogP contribution is -2.36. The Labute approximate surface area is 119 Å². The van der Waals surface area contributed by atoms with Gasteiger partial charge < -0.3 is 15.6 Å². The molecular formula is C15H22N4O. The number of hydrogen-bond acceptors (Lipinski definition) is 3. The van der Waals surface area contributed by atoms with Gasteiger partial charge in [-0.05, 0) is 39.0 Å². The molecule has 0 fully saturated rings. The number of benzene rings is 1. The molecule has 0 spiro atoms. The summed E-state index contributed by atoms with van der Waals surface area (Å²) in [6, 6.07) is 5.45. The monoisotopic (exact) mass is 274 g/mol. The van der Waals surface area contributed by atoms with Gasteiger partial charge in [-0.25, -0.2) is 4.98 Å². The van der Waals surface area contributed by atoms with Crippen molar-refractivity contribution in [2.45, 2.75) is 46.2 Å². The fraction of sp³-hybridized carbons (Fsp3) is 0.467. The van der Waals surface area contributed by atoms with Gasteiger partial charge in [0.05, 0.1) is 11.0 Å². The van der Waals surface area contributed by atoms with Gasteiger partial charge in [-0.1, -0.05) is 6.92 Å². The molecule has 1 aromatic carbocycles. The topological polar surface area (TPSA) is 72.9 Å². The van der Waals surface area contributed by atoms with Gasteiger partial charge in [-0.3, -0.25) is 4.79 Å². The smallest absolute Gasteiger partial charge is 0.243 e. The number of carbonyl (C=O) groups is 1. The largest absolute Gasteiger partial charge is 0.399 e. The van der Waals surface area contributed by atoms with E-state index in [-0.39, 0.29) is 18.0 Å². The standard InChI is InChI=1S/C15H22N4O/c1-5-14-18-12-8-11(16)6-7-13(12)19(14)10(4)15(20)17-9(2)3/h6-10H,5,16H2,1-4H3,(H,17,20). The first-order valence-corrected chi connectivity index (χ1v) is 7.00. The number of fused-ring (bicyclic) bond motifs is 1. The van der Waals surface area contributed by atoms with E-state index in [0.29, 0.717) is 5.69 Å². The maximum Gasteiger partial charge on any atom is 0.243 e. The maximum absolute atomic E-state index is 12.2. The van der Waals surface area contributed by atoms with Gasteiger partial charge in [-0.15, -0.1) is 0 Å². The summed E-state index contributed by atoms with van der Waals surface area (Å²) in [7, 11) is 0. The molecule has 5 heteroatoms. The number of anilines is 1. The first kappa shape index (κ1) is 14.4. The molecule has 2 rings (SSSR count). The Balaban J connectivity index is 2.49. The van der Waals surface area contributed by atoms with Gasteiger partial charge in [0.15, 0.2) is 0 Å². The third kappa shape index (κ3) is 2.61. The highest BCUT2D eigenvalue weighted by atomic mass is 16.2. The Morgan fingerprint density at radius 3 is 2.70 bits per heavy atom. The highest BCUT2D eigenvalue weighted by molar-refractivity contribution is 5.85. The summed E-state index contributed by atoms with van der Waals surface area (Å²) in [6.45, 7) is 7.85. The van der Waals surface area contributed by atoms with Crippen LogP contribution >= 0.6 is 0 Å². The zero-order valence-corrected chi connectivity index (χ0v) is 12.5. The van der Waals surface area contributed by atoms with Crippen LogP contribution in [0.15, 0.2) is 18.2 Å². The van der Waals surface area contributed by atoms with Gasteiger partial charge in [0.1, 0.15) is 11.9 Å².